The zero-order chi connectivity index (χ0) is 13.2. The van der Waals surface area contributed by atoms with E-state index < -0.39 is 5.54 Å². The van der Waals surface area contributed by atoms with E-state index in [-0.39, 0.29) is 11.9 Å². The molecule has 0 unspecified atom stereocenters. The first-order chi connectivity index (χ1) is 8.53. The zero-order valence-corrected chi connectivity index (χ0v) is 11.4. The van der Waals surface area contributed by atoms with Gasteiger partial charge in [-0.3, -0.25) is 4.79 Å². The smallest absolute Gasteiger partial charge is 0.320 e. The minimum Gasteiger partial charge on any atom is -0.352 e. The largest absolute Gasteiger partial charge is 0.352 e. The van der Waals surface area contributed by atoms with Gasteiger partial charge in [0.25, 0.3) is 0 Å². The number of nitrogens with one attached hydrogen (secondary N) is 1. The molecule has 0 spiro atoms. The molecule has 0 radical (unpaired) electrons. The second-order valence-electron chi connectivity index (χ2n) is 5.65. The van der Waals surface area contributed by atoms with Crippen LogP contribution in [0.5, 0.6) is 0 Å². The summed E-state index contributed by atoms with van der Waals surface area (Å²) in [4.78, 5) is 28.0. The Morgan fingerprint density at radius 2 is 1.72 bits per heavy atom. The summed E-state index contributed by atoms with van der Waals surface area (Å²) >= 11 is 0. The van der Waals surface area contributed by atoms with E-state index in [1.165, 1.54) is 12.8 Å². The van der Waals surface area contributed by atoms with Crippen molar-refractivity contribution in [3.8, 4) is 0 Å². The van der Waals surface area contributed by atoms with Crippen molar-refractivity contribution in [3.05, 3.63) is 0 Å². The molecule has 5 heteroatoms. The van der Waals surface area contributed by atoms with E-state index in [1.807, 2.05) is 18.7 Å². The molecule has 0 aromatic carbocycles. The Balaban J connectivity index is 2.09. The van der Waals surface area contributed by atoms with Crippen molar-refractivity contribution < 1.29 is 9.59 Å². The number of rotatable bonds is 0. The third-order valence-corrected chi connectivity index (χ3v) is 3.96. The van der Waals surface area contributed by atoms with Gasteiger partial charge in [-0.15, -0.1) is 0 Å². The average Bonchev–Trinajstić information content (AvgIpc) is 2.60. The molecule has 2 rings (SSSR count). The van der Waals surface area contributed by atoms with Crippen LogP contribution >= 0.6 is 0 Å². The third-order valence-electron chi connectivity index (χ3n) is 3.96. The molecule has 0 aromatic heterocycles. The van der Waals surface area contributed by atoms with E-state index in [2.05, 4.69) is 5.32 Å². The number of likely N-dealkylation sites (tertiary alicyclic amines) is 1. The maximum Gasteiger partial charge on any atom is 0.320 e. The fraction of sp³-hybridized carbons (Fsp3) is 0.846. The van der Waals surface area contributed by atoms with Gasteiger partial charge in [0.05, 0.1) is 0 Å². The topological polar surface area (TPSA) is 52.7 Å². The number of amides is 3. The van der Waals surface area contributed by atoms with Gasteiger partial charge in [-0.2, -0.15) is 0 Å². The van der Waals surface area contributed by atoms with E-state index in [1.54, 1.807) is 4.90 Å². The molecule has 2 fully saturated rings. The highest BCUT2D eigenvalue weighted by Crippen LogP contribution is 2.21. The van der Waals surface area contributed by atoms with Crippen LogP contribution < -0.4 is 5.32 Å². The number of carbonyl (C=O) groups is 2. The summed E-state index contributed by atoms with van der Waals surface area (Å²) in [5.41, 5.74) is -0.734. The van der Waals surface area contributed by atoms with Gasteiger partial charge >= 0.3 is 6.03 Å². The van der Waals surface area contributed by atoms with Crippen LogP contribution in [0.2, 0.25) is 0 Å². The van der Waals surface area contributed by atoms with Crippen LogP contribution in [0.15, 0.2) is 0 Å². The summed E-state index contributed by atoms with van der Waals surface area (Å²) in [6.45, 7) is 6.45. The maximum atomic E-state index is 12.5. The summed E-state index contributed by atoms with van der Waals surface area (Å²) < 4.78 is 0. The molecule has 102 valence electrons. The lowest BCUT2D eigenvalue weighted by atomic mass is 9.99. The number of hydrogen-bond acceptors (Lipinski definition) is 2. The highest BCUT2D eigenvalue weighted by Gasteiger charge is 2.41. The van der Waals surface area contributed by atoms with Crippen molar-refractivity contribution in [1.29, 1.82) is 0 Å². The predicted octanol–water partition coefficient (Wildman–Crippen LogP) is 1.19. The first kappa shape index (κ1) is 13.2. The lowest BCUT2D eigenvalue weighted by Gasteiger charge is -2.43. The van der Waals surface area contributed by atoms with E-state index in [9.17, 15) is 9.59 Å². The SMILES string of the molecule is CC1(C)C(=O)NCCN1C(=O)N1CCCCCC1. The number of urea groups is 1. The molecule has 0 aliphatic carbocycles. The van der Waals surface area contributed by atoms with Crippen LogP contribution in [0.25, 0.3) is 0 Å². The van der Waals surface area contributed by atoms with Crippen LogP contribution in [-0.4, -0.2) is 53.5 Å². The average molecular weight is 253 g/mol. The maximum absolute atomic E-state index is 12.5. The Kier molecular flexibility index (Phi) is 3.78. The monoisotopic (exact) mass is 253 g/mol. The molecule has 1 N–H and O–H groups in total. The van der Waals surface area contributed by atoms with E-state index >= 15 is 0 Å². The fourth-order valence-electron chi connectivity index (χ4n) is 2.67. The first-order valence-corrected chi connectivity index (χ1v) is 6.88. The number of nitrogens with zero attached hydrogens (tertiary/aromatic N) is 2. The Morgan fingerprint density at radius 3 is 2.33 bits per heavy atom. The van der Waals surface area contributed by atoms with Crippen LogP contribution in [0.3, 0.4) is 0 Å². The van der Waals surface area contributed by atoms with Gasteiger partial charge in [0.15, 0.2) is 0 Å². The van der Waals surface area contributed by atoms with Gasteiger partial charge in [-0.1, -0.05) is 12.8 Å². The van der Waals surface area contributed by atoms with Gasteiger partial charge in [0.2, 0.25) is 5.91 Å². The molecule has 18 heavy (non-hydrogen) atoms. The van der Waals surface area contributed by atoms with Crippen molar-refractivity contribution in [2.45, 2.75) is 45.1 Å². The lowest BCUT2D eigenvalue weighted by Crippen LogP contribution is -2.65. The third kappa shape index (κ3) is 2.44. The normalized spacial score (nSPS) is 24.4. The summed E-state index contributed by atoms with van der Waals surface area (Å²) in [6, 6.07) is 0.0248. The molecule has 3 amide bonds. The summed E-state index contributed by atoms with van der Waals surface area (Å²) in [5, 5.41) is 2.82. The van der Waals surface area contributed by atoms with E-state index in [4.69, 9.17) is 0 Å². The molecule has 2 aliphatic heterocycles. The summed E-state index contributed by atoms with van der Waals surface area (Å²) in [7, 11) is 0. The zero-order valence-electron chi connectivity index (χ0n) is 11.4. The van der Waals surface area contributed by atoms with Crippen molar-refractivity contribution in [1.82, 2.24) is 15.1 Å². The van der Waals surface area contributed by atoms with E-state index in [0.717, 1.165) is 25.9 Å². The van der Waals surface area contributed by atoms with Crippen LogP contribution in [0, 0.1) is 0 Å². The number of carbonyl (C=O) groups excluding carboxylic acids is 2. The predicted molar refractivity (Wildman–Crippen MR) is 69.2 cm³/mol. The molecule has 2 heterocycles. The van der Waals surface area contributed by atoms with Gasteiger partial charge in [0.1, 0.15) is 5.54 Å². The van der Waals surface area contributed by atoms with Gasteiger partial charge in [-0.05, 0) is 26.7 Å². The Morgan fingerprint density at radius 1 is 1.11 bits per heavy atom. The molecular weight excluding hydrogens is 230 g/mol. The van der Waals surface area contributed by atoms with Gasteiger partial charge < -0.3 is 15.1 Å². The standard InChI is InChI=1S/C13H23N3O2/c1-13(2)11(17)14-7-10-16(13)12(18)15-8-5-3-4-6-9-15/h3-10H2,1-2H3,(H,14,17). The Hall–Kier alpha value is -1.26. The second kappa shape index (κ2) is 5.16. The first-order valence-electron chi connectivity index (χ1n) is 6.88. The Labute approximate surface area is 108 Å². The molecule has 2 aliphatic rings. The molecule has 5 nitrogen and oxygen atoms in total. The highest BCUT2D eigenvalue weighted by atomic mass is 16.2. The van der Waals surface area contributed by atoms with E-state index in [0.29, 0.717) is 13.1 Å². The van der Waals surface area contributed by atoms with Crippen molar-refractivity contribution >= 4 is 11.9 Å². The van der Waals surface area contributed by atoms with Gasteiger partial charge in [0, 0.05) is 26.2 Å². The molecule has 0 bridgehead atoms. The minimum atomic E-state index is -0.734. The quantitative estimate of drug-likeness (QED) is 0.705. The summed E-state index contributed by atoms with van der Waals surface area (Å²) in [5.74, 6) is -0.0584. The van der Waals surface area contributed by atoms with Crippen LogP contribution in [0.1, 0.15) is 39.5 Å². The molecule has 0 saturated carbocycles. The molecular formula is C13H23N3O2. The summed E-state index contributed by atoms with van der Waals surface area (Å²) in [6.07, 6.45) is 4.56. The van der Waals surface area contributed by atoms with Crippen LogP contribution in [0.4, 0.5) is 4.79 Å². The highest BCUT2D eigenvalue weighted by molar-refractivity contribution is 5.91. The van der Waals surface area contributed by atoms with Crippen molar-refractivity contribution in [2.75, 3.05) is 26.2 Å². The number of hydrogen-bond donors (Lipinski definition) is 1. The van der Waals surface area contributed by atoms with Crippen LogP contribution in [-0.2, 0) is 4.79 Å². The molecule has 0 atom stereocenters. The minimum absolute atomic E-state index is 0.0248. The fourth-order valence-corrected chi connectivity index (χ4v) is 2.67. The molecule has 2 saturated heterocycles. The molecule has 0 aromatic rings. The Bertz CT molecular complexity index is 333. The van der Waals surface area contributed by atoms with Crippen molar-refractivity contribution in [3.63, 3.8) is 0 Å². The number of piperazine rings is 1. The van der Waals surface area contributed by atoms with Gasteiger partial charge in [-0.25, -0.2) is 4.79 Å². The lowest BCUT2D eigenvalue weighted by molar-refractivity contribution is -0.133. The second-order valence-corrected chi connectivity index (χ2v) is 5.65. The van der Waals surface area contributed by atoms with Crippen molar-refractivity contribution in [2.24, 2.45) is 0 Å².